The van der Waals surface area contributed by atoms with E-state index in [2.05, 4.69) is 23.6 Å². The third-order valence-electron chi connectivity index (χ3n) is 4.37. The van der Waals surface area contributed by atoms with Crippen LogP contribution in [0.4, 0.5) is 5.69 Å². The molecule has 0 saturated carbocycles. The molecule has 5 heteroatoms. The fraction of sp³-hybridized carbons (Fsp3) is 0.500. The Kier molecular flexibility index (Phi) is 4.97. The summed E-state index contributed by atoms with van der Waals surface area (Å²) in [6.45, 7) is 4.00. The number of fused-ring (bicyclic) bond motifs is 2. The van der Waals surface area contributed by atoms with E-state index < -0.39 is 0 Å². The summed E-state index contributed by atoms with van der Waals surface area (Å²) in [6.07, 6.45) is 3.96. The molecule has 0 aliphatic carbocycles. The third kappa shape index (κ3) is 3.56. The standard InChI is InChI=1S/C18H24N2O2S/c1-12(19)8-14-10-18(21)22-17-11-16-13(9-15(14)17)4-2-5-20(16)6-3-7-23/h9-12,23H,2-8,19H2,1H3. The first kappa shape index (κ1) is 16.4. The molecule has 1 aromatic heterocycles. The monoisotopic (exact) mass is 332 g/mol. The van der Waals surface area contributed by atoms with E-state index in [0.717, 1.165) is 49.1 Å². The van der Waals surface area contributed by atoms with E-state index in [1.807, 2.05) is 13.0 Å². The van der Waals surface area contributed by atoms with Crippen LogP contribution in [0.15, 0.2) is 27.4 Å². The maximum absolute atomic E-state index is 11.9. The first-order valence-corrected chi connectivity index (χ1v) is 8.93. The zero-order valence-electron chi connectivity index (χ0n) is 13.5. The maximum Gasteiger partial charge on any atom is 0.336 e. The van der Waals surface area contributed by atoms with Crippen molar-refractivity contribution in [1.82, 2.24) is 0 Å². The molecule has 1 unspecified atom stereocenters. The molecular formula is C18H24N2O2S. The summed E-state index contributed by atoms with van der Waals surface area (Å²) in [4.78, 5) is 14.3. The van der Waals surface area contributed by atoms with E-state index in [1.54, 1.807) is 6.07 Å². The molecule has 23 heavy (non-hydrogen) atoms. The Balaban J connectivity index is 2.09. The topological polar surface area (TPSA) is 59.5 Å². The van der Waals surface area contributed by atoms with Crippen LogP contribution in [-0.2, 0) is 12.8 Å². The van der Waals surface area contributed by atoms with E-state index in [9.17, 15) is 4.79 Å². The fourth-order valence-electron chi connectivity index (χ4n) is 3.39. The number of nitrogens with zero attached hydrogens (tertiary/aromatic N) is 1. The minimum atomic E-state index is -0.300. The molecule has 2 heterocycles. The highest BCUT2D eigenvalue weighted by molar-refractivity contribution is 7.80. The van der Waals surface area contributed by atoms with Crippen LogP contribution in [0.2, 0.25) is 0 Å². The van der Waals surface area contributed by atoms with Gasteiger partial charge >= 0.3 is 5.63 Å². The Labute approximate surface area is 142 Å². The highest BCUT2D eigenvalue weighted by atomic mass is 32.1. The molecule has 0 radical (unpaired) electrons. The minimum Gasteiger partial charge on any atom is -0.423 e. The van der Waals surface area contributed by atoms with Crippen molar-refractivity contribution in [1.29, 1.82) is 0 Å². The van der Waals surface area contributed by atoms with Crippen molar-refractivity contribution in [3.05, 3.63) is 39.7 Å². The predicted octanol–water partition coefficient (Wildman–Crippen LogP) is 2.76. The summed E-state index contributed by atoms with van der Waals surface area (Å²) in [5, 5.41) is 1.02. The maximum atomic E-state index is 11.9. The molecule has 2 aromatic rings. The average molecular weight is 332 g/mol. The summed E-state index contributed by atoms with van der Waals surface area (Å²) < 4.78 is 5.46. The Morgan fingerprint density at radius 2 is 2.22 bits per heavy atom. The van der Waals surface area contributed by atoms with Crippen molar-refractivity contribution in [3.63, 3.8) is 0 Å². The molecule has 0 saturated heterocycles. The van der Waals surface area contributed by atoms with Gasteiger partial charge in [0.25, 0.3) is 0 Å². The van der Waals surface area contributed by atoms with Crippen LogP contribution in [0.25, 0.3) is 11.0 Å². The molecule has 4 nitrogen and oxygen atoms in total. The van der Waals surface area contributed by atoms with Gasteiger partial charge in [0.05, 0.1) is 0 Å². The summed E-state index contributed by atoms with van der Waals surface area (Å²) in [5.41, 5.74) is 9.83. The van der Waals surface area contributed by atoms with Gasteiger partial charge in [-0.1, -0.05) is 0 Å². The number of anilines is 1. The SMILES string of the molecule is CC(N)Cc1cc(=O)oc2cc3c(cc12)CCCN3CCCS. The molecular weight excluding hydrogens is 308 g/mol. The van der Waals surface area contributed by atoms with Crippen LogP contribution in [0.5, 0.6) is 0 Å². The van der Waals surface area contributed by atoms with Gasteiger partial charge in [-0.3, -0.25) is 0 Å². The van der Waals surface area contributed by atoms with Crippen molar-refractivity contribution < 1.29 is 4.42 Å². The zero-order chi connectivity index (χ0) is 16.4. The Morgan fingerprint density at radius 3 is 2.96 bits per heavy atom. The van der Waals surface area contributed by atoms with Gasteiger partial charge in [0.15, 0.2) is 0 Å². The van der Waals surface area contributed by atoms with E-state index in [4.69, 9.17) is 10.2 Å². The molecule has 0 bridgehead atoms. The first-order chi connectivity index (χ1) is 11.1. The van der Waals surface area contributed by atoms with E-state index in [0.29, 0.717) is 12.0 Å². The summed E-state index contributed by atoms with van der Waals surface area (Å²) in [5.74, 6) is 0.882. The second-order valence-electron chi connectivity index (χ2n) is 6.42. The lowest BCUT2D eigenvalue weighted by molar-refractivity contribution is 0.556. The lowest BCUT2D eigenvalue weighted by Crippen LogP contribution is -2.30. The van der Waals surface area contributed by atoms with Crippen molar-refractivity contribution in [2.24, 2.45) is 5.73 Å². The second-order valence-corrected chi connectivity index (χ2v) is 6.86. The number of benzene rings is 1. The summed E-state index contributed by atoms with van der Waals surface area (Å²) in [6, 6.07) is 5.83. The fourth-order valence-corrected chi connectivity index (χ4v) is 3.53. The number of aryl methyl sites for hydroxylation is 1. The molecule has 1 atom stereocenters. The Morgan fingerprint density at radius 1 is 1.39 bits per heavy atom. The van der Waals surface area contributed by atoms with Gasteiger partial charge in [0, 0.05) is 42.3 Å². The van der Waals surface area contributed by atoms with Crippen LogP contribution in [0.1, 0.15) is 30.9 Å². The van der Waals surface area contributed by atoms with Gasteiger partial charge < -0.3 is 15.1 Å². The molecule has 2 N–H and O–H groups in total. The number of hydrogen-bond donors (Lipinski definition) is 2. The van der Waals surface area contributed by atoms with Crippen LogP contribution >= 0.6 is 12.6 Å². The molecule has 1 aliphatic heterocycles. The highest BCUT2D eigenvalue weighted by Crippen LogP contribution is 2.32. The quantitative estimate of drug-likeness (QED) is 0.653. The van der Waals surface area contributed by atoms with E-state index in [1.165, 1.54) is 11.3 Å². The molecule has 124 valence electrons. The van der Waals surface area contributed by atoms with Crippen LogP contribution in [-0.4, -0.2) is 24.9 Å². The zero-order valence-corrected chi connectivity index (χ0v) is 14.4. The van der Waals surface area contributed by atoms with Gasteiger partial charge in [-0.05, 0) is 55.6 Å². The van der Waals surface area contributed by atoms with Crippen LogP contribution in [0.3, 0.4) is 0 Å². The van der Waals surface area contributed by atoms with E-state index >= 15 is 0 Å². The van der Waals surface area contributed by atoms with Crippen molar-refractivity contribution in [3.8, 4) is 0 Å². The third-order valence-corrected chi connectivity index (χ3v) is 4.69. The minimum absolute atomic E-state index is 0.0166. The Bertz CT molecular complexity index is 755. The number of nitrogens with two attached hydrogens (primary N) is 1. The van der Waals surface area contributed by atoms with Gasteiger partial charge in [-0.15, -0.1) is 0 Å². The van der Waals surface area contributed by atoms with Gasteiger partial charge in [0.1, 0.15) is 5.58 Å². The smallest absolute Gasteiger partial charge is 0.336 e. The molecule has 0 fully saturated rings. The molecule has 3 rings (SSSR count). The molecule has 1 aromatic carbocycles. The van der Waals surface area contributed by atoms with Gasteiger partial charge in [-0.2, -0.15) is 12.6 Å². The van der Waals surface area contributed by atoms with Gasteiger partial charge in [0.2, 0.25) is 0 Å². The van der Waals surface area contributed by atoms with Crippen LogP contribution in [0, 0.1) is 0 Å². The first-order valence-electron chi connectivity index (χ1n) is 8.29. The second kappa shape index (κ2) is 6.97. The molecule has 1 aliphatic rings. The molecule has 0 amide bonds. The number of rotatable bonds is 5. The lowest BCUT2D eigenvalue weighted by Gasteiger charge is -2.31. The Hall–Kier alpha value is -1.46. The lowest BCUT2D eigenvalue weighted by atomic mass is 9.96. The van der Waals surface area contributed by atoms with Gasteiger partial charge in [-0.25, -0.2) is 4.79 Å². The summed E-state index contributed by atoms with van der Waals surface area (Å²) in [7, 11) is 0. The summed E-state index contributed by atoms with van der Waals surface area (Å²) >= 11 is 4.31. The normalized spacial score (nSPS) is 15.7. The predicted molar refractivity (Wildman–Crippen MR) is 98.8 cm³/mol. The number of thiol groups is 1. The van der Waals surface area contributed by atoms with Crippen molar-refractivity contribution >= 4 is 29.3 Å². The number of hydrogen-bond acceptors (Lipinski definition) is 5. The van der Waals surface area contributed by atoms with Crippen LogP contribution < -0.4 is 16.3 Å². The van der Waals surface area contributed by atoms with Crippen molar-refractivity contribution in [2.45, 2.75) is 38.6 Å². The average Bonchev–Trinajstić information content (AvgIpc) is 2.50. The van der Waals surface area contributed by atoms with Crippen molar-refractivity contribution in [2.75, 3.05) is 23.7 Å². The van der Waals surface area contributed by atoms with E-state index in [-0.39, 0.29) is 11.7 Å². The molecule has 0 spiro atoms. The largest absolute Gasteiger partial charge is 0.423 e. The highest BCUT2D eigenvalue weighted by Gasteiger charge is 2.19.